The van der Waals surface area contributed by atoms with Crippen LogP contribution >= 0.6 is 0 Å². The molecule has 4 saturated carbocycles. The molecule has 4 fully saturated rings. The highest BCUT2D eigenvalue weighted by atomic mass is 16.6. The van der Waals surface area contributed by atoms with Crippen LogP contribution in [0.25, 0.3) is 10.9 Å². The molecule has 3 aromatic rings. The first-order valence-electron chi connectivity index (χ1n) is 14.4. The minimum Gasteiger partial charge on any atom is -0.446 e. The van der Waals surface area contributed by atoms with Crippen LogP contribution in [0.5, 0.6) is 0 Å². The van der Waals surface area contributed by atoms with Crippen LogP contribution in [0.15, 0.2) is 60.8 Å². The molecular weight excluding hydrogens is 490 g/mol. The molecule has 7 nitrogen and oxygen atoms in total. The fraction of sp³-hybridized carbons (Fsp3) is 0.500. The number of hydrogen-bond acceptors (Lipinski definition) is 4. The van der Waals surface area contributed by atoms with Crippen LogP contribution in [0.4, 0.5) is 4.79 Å². The summed E-state index contributed by atoms with van der Waals surface area (Å²) in [5.41, 5.74) is 2.98. The minimum absolute atomic E-state index is 0.0531. The lowest BCUT2D eigenvalue weighted by Gasteiger charge is -2.53. The highest BCUT2D eigenvalue weighted by molar-refractivity contribution is 5.88. The molecular formula is C32H39N3O4. The molecule has 39 heavy (non-hydrogen) atoms. The molecule has 4 aliphatic rings. The van der Waals surface area contributed by atoms with E-state index >= 15 is 0 Å². The van der Waals surface area contributed by atoms with Crippen molar-refractivity contribution in [3.63, 3.8) is 0 Å². The second-order valence-corrected chi connectivity index (χ2v) is 12.0. The van der Waals surface area contributed by atoms with E-state index in [4.69, 9.17) is 4.74 Å². The van der Waals surface area contributed by atoms with Gasteiger partial charge in [0, 0.05) is 30.6 Å². The van der Waals surface area contributed by atoms with Gasteiger partial charge in [0.15, 0.2) is 0 Å². The molecule has 3 N–H and O–H groups in total. The van der Waals surface area contributed by atoms with E-state index in [-0.39, 0.29) is 18.6 Å². The number of aromatic amines is 1. The monoisotopic (exact) mass is 529 g/mol. The molecule has 4 aliphatic carbocycles. The first kappa shape index (κ1) is 25.9. The number of likely N-dealkylation sites (N-methyl/N-ethyl adjacent to an activating group) is 1. The van der Waals surface area contributed by atoms with Crippen molar-refractivity contribution >= 4 is 22.9 Å². The number of amides is 2. The van der Waals surface area contributed by atoms with Gasteiger partial charge in [-0.15, -0.1) is 0 Å². The van der Waals surface area contributed by atoms with Crippen LogP contribution in [-0.2, 0) is 22.4 Å². The number of rotatable bonds is 9. The fourth-order valence-electron chi connectivity index (χ4n) is 7.72. The Morgan fingerprint density at radius 1 is 0.974 bits per heavy atom. The fourth-order valence-corrected chi connectivity index (χ4v) is 7.72. The molecule has 0 spiro atoms. The summed E-state index contributed by atoms with van der Waals surface area (Å²) in [6.45, 7) is -0.171. The van der Waals surface area contributed by atoms with Crippen molar-refractivity contribution in [2.75, 3.05) is 13.7 Å². The average molecular weight is 530 g/mol. The number of H-pyrrole nitrogens is 1. The number of carbonyl (C=O) groups excluding carboxylic acids is 2. The summed E-state index contributed by atoms with van der Waals surface area (Å²) in [6, 6.07) is 16.6. The van der Waals surface area contributed by atoms with Gasteiger partial charge in [-0.1, -0.05) is 48.5 Å². The Hall–Kier alpha value is -3.32. The molecule has 206 valence electrons. The number of aliphatic hydroxyl groups is 1. The van der Waals surface area contributed by atoms with E-state index in [9.17, 15) is 14.7 Å². The van der Waals surface area contributed by atoms with E-state index in [1.165, 1.54) is 6.42 Å². The summed E-state index contributed by atoms with van der Waals surface area (Å²) in [7, 11) is 1.71. The van der Waals surface area contributed by atoms with Crippen molar-refractivity contribution in [2.45, 2.75) is 63.1 Å². The number of nitrogens with one attached hydrogen (secondary N) is 2. The number of hydrogen-bond donors (Lipinski definition) is 3. The van der Waals surface area contributed by atoms with Crippen LogP contribution in [0.3, 0.4) is 0 Å². The standard InChI is InChI=1S/C32H39N3O4/c1-35(26(19-36)16-20-7-3-2-4-8-20)31(37)29(17-25-18-33-28-10-6-5-9-27(25)28)34-32(38)39-30-23-12-21-11-22(14-23)15-24(30)13-21/h2-10,18,21-24,26,29-30,33,36H,11-17,19H2,1H3,(H,34,38). The molecule has 1 aromatic heterocycles. The van der Waals surface area contributed by atoms with Crippen molar-refractivity contribution in [1.29, 1.82) is 0 Å². The third kappa shape index (κ3) is 5.42. The normalized spacial score (nSPS) is 26.8. The van der Waals surface area contributed by atoms with Gasteiger partial charge < -0.3 is 25.0 Å². The lowest BCUT2D eigenvalue weighted by molar-refractivity contribution is -0.135. The second-order valence-electron chi connectivity index (χ2n) is 12.0. The van der Waals surface area contributed by atoms with E-state index in [1.807, 2.05) is 60.8 Å². The number of ether oxygens (including phenoxy) is 1. The Morgan fingerprint density at radius 2 is 1.64 bits per heavy atom. The van der Waals surface area contributed by atoms with Gasteiger partial charge in [-0.05, 0) is 79.4 Å². The van der Waals surface area contributed by atoms with Gasteiger partial charge in [-0.25, -0.2) is 4.79 Å². The van der Waals surface area contributed by atoms with E-state index < -0.39 is 18.2 Å². The minimum atomic E-state index is -0.816. The molecule has 2 aromatic carbocycles. The number of alkyl carbamates (subject to hydrolysis) is 1. The Bertz CT molecular complexity index is 1280. The van der Waals surface area contributed by atoms with Gasteiger partial charge in [0.2, 0.25) is 5.91 Å². The topological polar surface area (TPSA) is 94.7 Å². The third-order valence-electron chi connectivity index (χ3n) is 9.49. The molecule has 2 atom stereocenters. The van der Waals surface area contributed by atoms with Crippen molar-refractivity contribution in [3.05, 3.63) is 71.9 Å². The summed E-state index contributed by atoms with van der Waals surface area (Å²) < 4.78 is 6.10. The first-order chi connectivity index (χ1) is 19.0. The Morgan fingerprint density at radius 3 is 2.33 bits per heavy atom. The van der Waals surface area contributed by atoms with Gasteiger partial charge >= 0.3 is 6.09 Å². The van der Waals surface area contributed by atoms with Crippen LogP contribution < -0.4 is 5.32 Å². The quantitative estimate of drug-likeness (QED) is 0.375. The Balaban J connectivity index is 1.19. The van der Waals surface area contributed by atoms with Gasteiger partial charge in [0.05, 0.1) is 12.6 Å². The average Bonchev–Trinajstić information content (AvgIpc) is 3.35. The molecule has 0 saturated heterocycles. The molecule has 0 radical (unpaired) electrons. The van der Waals surface area contributed by atoms with Crippen LogP contribution in [-0.4, -0.2) is 58.8 Å². The molecule has 7 rings (SSSR count). The van der Waals surface area contributed by atoms with Gasteiger partial charge in [0.1, 0.15) is 12.1 Å². The van der Waals surface area contributed by atoms with E-state index in [0.29, 0.717) is 24.7 Å². The zero-order valence-corrected chi connectivity index (χ0v) is 22.6. The zero-order chi connectivity index (χ0) is 26.9. The van der Waals surface area contributed by atoms with E-state index in [1.54, 1.807) is 11.9 Å². The number of benzene rings is 2. The number of fused-ring (bicyclic) bond motifs is 1. The highest BCUT2D eigenvalue weighted by Gasteiger charge is 2.50. The summed E-state index contributed by atoms with van der Waals surface area (Å²) in [4.78, 5) is 32.1. The SMILES string of the molecule is CN(C(=O)C(Cc1c[nH]c2ccccc12)NC(=O)OC1C2CC3CC(C2)CC1C3)C(CO)Cc1ccccc1. The molecule has 4 bridgehead atoms. The lowest BCUT2D eigenvalue weighted by atomic mass is 9.55. The van der Waals surface area contributed by atoms with Crippen molar-refractivity contribution in [1.82, 2.24) is 15.2 Å². The number of nitrogens with zero attached hydrogens (tertiary/aromatic N) is 1. The first-order valence-corrected chi connectivity index (χ1v) is 14.4. The van der Waals surface area contributed by atoms with Gasteiger partial charge in [-0.3, -0.25) is 4.79 Å². The van der Waals surface area contributed by atoms with Crippen LogP contribution in [0, 0.1) is 23.7 Å². The van der Waals surface area contributed by atoms with Crippen molar-refractivity contribution in [2.24, 2.45) is 23.7 Å². The maximum absolute atomic E-state index is 13.9. The largest absolute Gasteiger partial charge is 0.446 e. The van der Waals surface area contributed by atoms with Crippen LogP contribution in [0.2, 0.25) is 0 Å². The lowest BCUT2D eigenvalue weighted by Crippen LogP contribution is -2.55. The Labute approximate surface area is 229 Å². The maximum Gasteiger partial charge on any atom is 0.408 e. The predicted molar refractivity (Wildman–Crippen MR) is 150 cm³/mol. The number of aromatic nitrogens is 1. The summed E-state index contributed by atoms with van der Waals surface area (Å²) in [5, 5.41) is 14.2. The molecule has 2 amide bonds. The summed E-state index contributed by atoms with van der Waals surface area (Å²) >= 11 is 0. The van der Waals surface area contributed by atoms with Crippen molar-refractivity contribution < 1.29 is 19.4 Å². The summed E-state index contributed by atoms with van der Waals surface area (Å²) in [5.74, 6) is 2.24. The zero-order valence-electron chi connectivity index (χ0n) is 22.6. The Kier molecular flexibility index (Phi) is 7.34. The number of carbonyl (C=O) groups is 2. The molecule has 1 heterocycles. The summed E-state index contributed by atoms with van der Waals surface area (Å²) in [6.07, 6.45) is 8.16. The molecule has 0 aliphatic heterocycles. The predicted octanol–water partition coefficient (Wildman–Crippen LogP) is 4.69. The maximum atomic E-state index is 13.9. The third-order valence-corrected chi connectivity index (χ3v) is 9.49. The number of para-hydroxylation sites is 1. The van der Waals surface area contributed by atoms with Gasteiger partial charge in [0.25, 0.3) is 0 Å². The molecule has 2 unspecified atom stereocenters. The number of aliphatic hydroxyl groups excluding tert-OH is 1. The smallest absolute Gasteiger partial charge is 0.408 e. The highest BCUT2D eigenvalue weighted by Crippen LogP contribution is 2.54. The van der Waals surface area contributed by atoms with Crippen molar-refractivity contribution in [3.8, 4) is 0 Å². The molecule has 7 heteroatoms. The second kappa shape index (κ2) is 11.0. The van der Waals surface area contributed by atoms with Gasteiger partial charge in [-0.2, -0.15) is 0 Å². The van der Waals surface area contributed by atoms with E-state index in [2.05, 4.69) is 10.3 Å². The van der Waals surface area contributed by atoms with E-state index in [0.717, 1.165) is 59.5 Å². The van der Waals surface area contributed by atoms with Crippen LogP contribution in [0.1, 0.15) is 43.2 Å².